The average molecular weight is 326 g/mol. The van der Waals surface area contributed by atoms with Gasteiger partial charge < -0.3 is 15.2 Å². The molecule has 102 valence electrons. The van der Waals surface area contributed by atoms with Gasteiger partial charge in [-0.25, -0.2) is 0 Å². The van der Waals surface area contributed by atoms with Gasteiger partial charge in [0.2, 0.25) is 0 Å². The van der Waals surface area contributed by atoms with Gasteiger partial charge in [0, 0.05) is 18.7 Å². The molecule has 0 aliphatic heterocycles. The van der Waals surface area contributed by atoms with Gasteiger partial charge in [0.15, 0.2) is 0 Å². The number of rotatable bonds is 4. The lowest BCUT2D eigenvalue weighted by Crippen LogP contribution is -2.17. The maximum absolute atomic E-state index is 6.32. The second-order valence-corrected chi connectivity index (χ2v) is 4.94. The molecule has 0 spiro atoms. The number of ether oxygens (including phenoxy) is 2. The van der Waals surface area contributed by atoms with Crippen LogP contribution in [0.3, 0.4) is 0 Å². The summed E-state index contributed by atoms with van der Waals surface area (Å²) in [5.74, 6) is 1.43. The van der Waals surface area contributed by atoms with Gasteiger partial charge in [-0.05, 0) is 28.1 Å². The molecule has 0 radical (unpaired) electrons. The second kappa shape index (κ2) is 5.63. The Morgan fingerprint density at radius 1 is 1.32 bits per heavy atom. The van der Waals surface area contributed by atoms with Crippen molar-refractivity contribution in [2.75, 3.05) is 14.2 Å². The molecule has 1 aromatic heterocycles. The Kier molecular flexibility index (Phi) is 4.11. The number of hydrogen-bond acceptors (Lipinski definition) is 4. The lowest BCUT2D eigenvalue weighted by Gasteiger charge is -2.17. The maximum atomic E-state index is 6.32. The molecule has 2 rings (SSSR count). The topological polar surface area (TPSA) is 62.3 Å². The van der Waals surface area contributed by atoms with Crippen molar-refractivity contribution >= 4 is 15.9 Å². The number of aromatic nitrogens is 2. The van der Waals surface area contributed by atoms with Crippen molar-refractivity contribution in [1.29, 1.82) is 0 Å². The highest BCUT2D eigenvalue weighted by atomic mass is 79.9. The van der Waals surface area contributed by atoms with Gasteiger partial charge in [-0.1, -0.05) is 0 Å². The van der Waals surface area contributed by atoms with Crippen LogP contribution in [0.1, 0.15) is 17.3 Å². The molecule has 0 saturated heterocycles. The molecule has 6 heteroatoms. The van der Waals surface area contributed by atoms with Crippen LogP contribution in [-0.4, -0.2) is 24.0 Å². The number of methoxy groups -OCH3 is 2. The summed E-state index contributed by atoms with van der Waals surface area (Å²) in [6.45, 7) is 0. The van der Waals surface area contributed by atoms with E-state index in [1.54, 1.807) is 25.1 Å². The van der Waals surface area contributed by atoms with E-state index in [0.29, 0.717) is 5.75 Å². The van der Waals surface area contributed by atoms with Gasteiger partial charge in [-0.15, -0.1) is 0 Å². The Labute approximate surface area is 120 Å². The van der Waals surface area contributed by atoms with E-state index in [1.165, 1.54) is 0 Å². The summed E-state index contributed by atoms with van der Waals surface area (Å²) in [7, 11) is 5.09. The van der Waals surface area contributed by atoms with Gasteiger partial charge >= 0.3 is 0 Å². The number of nitrogens with two attached hydrogens (primary N) is 1. The van der Waals surface area contributed by atoms with Crippen molar-refractivity contribution in [3.05, 3.63) is 40.1 Å². The van der Waals surface area contributed by atoms with E-state index in [4.69, 9.17) is 15.2 Å². The molecule has 2 N–H and O–H groups in total. The third-order valence-corrected chi connectivity index (χ3v) is 3.62. The van der Waals surface area contributed by atoms with E-state index < -0.39 is 0 Å². The fraction of sp³-hybridized carbons (Fsp3) is 0.308. The Hall–Kier alpha value is -1.53. The van der Waals surface area contributed by atoms with Crippen LogP contribution in [0.25, 0.3) is 0 Å². The van der Waals surface area contributed by atoms with Crippen molar-refractivity contribution in [2.24, 2.45) is 12.8 Å². The Morgan fingerprint density at radius 2 is 2.05 bits per heavy atom. The van der Waals surface area contributed by atoms with Crippen molar-refractivity contribution in [3.8, 4) is 11.5 Å². The highest BCUT2D eigenvalue weighted by Gasteiger charge is 2.20. The highest BCUT2D eigenvalue weighted by Crippen LogP contribution is 2.33. The van der Waals surface area contributed by atoms with Gasteiger partial charge in [-0.2, -0.15) is 5.10 Å². The Balaban J connectivity index is 2.47. The minimum Gasteiger partial charge on any atom is -0.497 e. The summed E-state index contributed by atoms with van der Waals surface area (Å²) in [5, 5.41) is 4.18. The molecule has 0 bridgehead atoms. The summed E-state index contributed by atoms with van der Waals surface area (Å²) >= 11 is 3.46. The zero-order valence-corrected chi connectivity index (χ0v) is 12.6. The molecule has 0 amide bonds. The van der Waals surface area contributed by atoms with Crippen molar-refractivity contribution in [1.82, 2.24) is 9.78 Å². The number of hydrogen-bond donors (Lipinski definition) is 1. The molecule has 0 aliphatic carbocycles. The van der Waals surface area contributed by atoms with Gasteiger partial charge in [0.05, 0.1) is 36.6 Å². The normalized spacial score (nSPS) is 12.3. The molecule has 19 heavy (non-hydrogen) atoms. The van der Waals surface area contributed by atoms with Crippen LogP contribution in [0.4, 0.5) is 0 Å². The lowest BCUT2D eigenvalue weighted by molar-refractivity contribution is 0.389. The van der Waals surface area contributed by atoms with E-state index in [0.717, 1.165) is 21.5 Å². The van der Waals surface area contributed by atoms with Crippen LogP contribution in [0.5, 0.6) is 11.5 Å². The Morgan fingerprint density at radius 3 is 2.58 bits per heavy atom. The quantitative estimate of drug-likeness (QED) is 0.936. The standard InChI is InChI=1S/C13H16BrN3O2/c1-17-13(10(14)7-16-17)12(15)9-5-4-8(18-2)6-11(9)19-3/h4-7,12H,15H2,1-3H3. The summed E-state index contributed by atoms with van der Waals surface area (Å²) in [6, 6.07) is 5.26. The fourth-order valence-corrected chi connectivity index (χ4v) is 2.59. The first-order chi connectivity index (χ1) is 9.08. The molecular weight excluding hydrogens is 310 g/mol. The second-order valence-electron chi connectivity index (χ2n) is 4.09. The SMILES string of the molecule is COc1ccc(C(N)c2c(Br)cnn2C)c(OC)c1. The molecule has 0 saturated carbocycles. The number of nitrogens with zero attached hydrogens (tertiary/aromatic N) is 2. The lowest BCUT2D eigenvalue weighted by atomic mass is 10.0. The van der Waals surface area contributed by atoms with E-state index in [9.17, 15) is 0 Å². The van der Waals surface area contributed by atoms with Crippen LogP contribution in [0.2, 0.25) is 0 Å². The summed E-state index contributed by atoms with van der Waals surface area (Å²) in [5.41, 5.74) is 8.09. The van der Waals surface area contributed by atoms with E-state index in [1.807, 2.05) is 25.2 Å². The molecule has 1 atom stereocenters. The van der Waals surface area contributed by atoms with Crippen LogP contribution in [0, 0.1) is 0 Å². The maximum Gasteiger partial charge on any atom is 0.127 e. The molecule has 1 aromatic carbocycles. The first kappa shape index (κ1) is 13.9. The van der Waals surface area contributed by atoms with Gasteiger partial charge in [0.25, 0.3) is 0 Å². The van der Waals surface area contributed by atoms with Crippen molar-refractivity contribution < 1.29 is 9.47 Å². The molecule has 0 aliphatic rings. The number of benzene rings is 1. The fourth-order valence-electron chi connectivity index (χ4n) is 1.99. The van der Waals surface area contributed by atoms with Gasteiger partial charge in [0.1, 0.15) is 11.5 Å². The Bertz CT molecular complexity index is 564. The van der Waals surface area contributed by atoms with Crippen LogP contribution in [0.15, 0.2) is 28.9 Å². The molecule has 5 nitrogen and oxygen atoms in total. The average Bonchev–Trinajstić information content (AvgIpc) is 2.76. The first-order valence-corrected chi connectivity index (χ1v) is 6.52. The zero-order valence-electron chi connectivity index (χ0n) is 11.1. The molecule has 1 unspecified atom stereocenters. The van der Waals surface area contributed by atoms with E-state index >= 15 is 0 Å². The predicted octanol–water partition coefficient (Wildman–Crippen LogP) is 2.25. The van der Waals surface area contributed by atoms with Crippen LogP contribution >= 0.6 is 15.9 Å². The highest BCUT2D eigenvalue weighted by molar-refractivity contribution is 9.10. The third-order valence-electron chi connectivity index (χ3n) is 3.01. The predicted molar refractivity (Wildman–Crippen MR) is 76.5 cm³/mol. The third kappa shape index (κ3) is 2.59. The smallest absolute Gasteiger partial charge is 0.127 e. The summed E-state index contributed by atoms with van der Waals surface area (Å²) in [4.78, 5) is 0. The molecule has 2 aromatic rings. The summed E-state index contributed by atoms with van der Waals surface area (Å²) < 4.78 is 13.2. The minimum atomic E-state index is -0.331. The largest absolute Gasteiger partial charge is 0.497 e. The van der Waals surface area contributed by atoms with E-state index in [2.05, 4.69) is 21.0 Å². The van der Waals surface area contributed by atoms with Gasteiger partial charge in [-0.3, -0.25) is 4.68 Å². The van der Waals surface area contributed by atoms with Crippen molar-refractivity contribution in [2.45, 2.75) is 6.04 Å². The molecular formula is C13H16BrN3O2. The number of halogens is 1. The van der Waals surface area contributed by atoms with Crippen LogP contribution < -0.4 is 15.2 Å². The molecule has 1 heterocycles. The zero-order chi connectivity index (χ0) is 14.0. The summed E-state index contributed by atoms with van der Waals surface area (Å²) in [6.07, 6.45) is 1.73. The minimum absolute atomic E-state index is 0.331. The monoisotopic (exact) mass is 325 g/mol. The van der Waals surface area contributed by atoms with E-state index in [-0.39, 0.29) is 6.04 Å². The number of aryl methyl sites for hydroxylation is 1. The van der Waals surface area contributed by atoms with Crippen molar-refractivity contribution in [3.63, 3.8) is 0 Å². The first-order valence-electron chi connectivity index (χ1n) is 5.73. The van der Waals surface area contributed by atoms with Crippen LogP contribution in [-0.2, 0) is 7.05 Å². The molecule has 0 fully saturated rings.